The molecule has 1 aromatic carbocycles. The Balaban J connectivity index is 1.85. The predicted octanol–water partition coefficient (Wildman–Crippen LogP) is 2.55. The number of anilines is 1. The molecule has 166 valence electrons. The molecule has 0 unspecified atom stereocenters. The lowest BCUT2D eigenvalue weighted by Gasteiger charge is -2.33. The molecule has 2 amide bonds. The minimum atomic E-state index is -0.0394. The fourth-order valence-corrected chi connectivity index (χ4v) is 3.71. The second-order valence-corrected chi connectivity index (χ2v) is 8.14. The zero-order valence-corrected chi connectivity index (χ0v) is 19.0. The molecule has 2 aromatic rings. The van der Waals surface area contributed by atoms with Gasteiger partial charge in [0.25, 0.3) is 5.91 Å². The number of nitrogens with zero attached hydrogens (tertiary/aromatic N) is 5. The second kappa shape index (κ2) is 9.76. The number of likely N-dealkylation sites (tertiary alicyclic amines) is 1. The molecule has 8 heteroatoms. The van der Waals surface area contributed by atoms with Crippen molar-refractivity contribution in [3.8, 4) is 5.75 Å². The fraction of sp³-hybridized carbons (Fsp3) is 0.478. The first-order valence-corrected chi connectivity index (χ1v) is 10.5. The Morgan fingerprint density at radius 3 is 2.61 bits per heavy atom. The van der Waals surface area contributed by atoms with E-state index >= 15 is 0 Å². The van der Waals surface area contributed by atoms with Crippen LogP contribution in [0.2, 0.25) is 0 Å². The molecule has 31 heavy (non-hydrogen) atoms. The van der Waals surface area contributed by atoms with Gasteiger partial charge in [0.1, 0.15) is 17.4 Å². The lowest BCUT2D eigenvalue weighted by molar-refractivity contribution is -0.128. The SMILES string of the molecule is COc1ccccc1C(=O)N1CCC[C@H](c2nc(CN(C)C(C)=O)cc(N(C)C)n2)C1. The van der Waals surface area contributed by atoms with Gasteiger partial charge in [-0.1, -0.05) is 12.1 Å². The highest BCUT2D eigenvalue weighted by Gasteiger charge is 2.29. The predicted molar refractivity (Wildman–Crippen MR) is 119 cm³/mol. The smallest absolute Gasteiger partial charge is 0.257 e. The topological polar surface area (TPSA) is 78.9 Å². The van der Waals surface area contributed by atoms with E-state index in [-0.39, 0.29) is 17.7 Å². The molecule has 2 heterocycles. The number of benzene rings is 1. The highest BCUT2D eigenvalue weighted by Crippen LogP contribution is 2.29. The minimum absolute atomic E-state index is 0.0159. The van der Waals surface area contributed by atoms with E-state index in [0.717, 1.165) is 30.2 Å². The van der Waals surface area contributed by atoms with Crippen LogP contribution in [0.15, 0.2) is 30.3 Å². The van der Waals surface area contributed by atoms with E-state index in [2.05, 4.69) is 0 Å². The number of amides is 2. The van der Waals surface area contributed by atoms with Crippen molar-refractivity contribution in [1.29, 1.82) is 0 Å². The standard InChI is InChI=1S/C23H31N5O3/c1-16(29)27(4)15-18-13-21(26(2)3)25-22(24-18)17-9-8-12-28(14-17)23(30)19-10-6-7-11-20(19)31-5/h6-7,10-11,13,17H,8-9,12,14-15H2,1-5H3/t17-/m0/s1. The van der Waals surface area contributed by atoms with Crippen LogP contribution in [0.3, 0.4) is 0 Å². The van der Waals surface area contributed by atoms with Crippen molar-refractivity contribution in [2.24, 2.45) is 0 Å². The average molecular weight is 426 g/mol. The third-order valence-corrected chi connectivity index (χ3v) is 5.59. The molecule has 0 saturated carbocycles. The first-order chi connectivity index (χ1) is 14.8. The van der Waals surface area contributed by atoms with Crippen molar-refractivity contribution in [1.82, 2.24) is 19.8 Å². The molecular formula is C23H31N5O3. The van der Waals surface area contributed by atoms with Crippen molar-refractivity contribution in [3.05, 3.63) is 47.4 Å². The van der Waals surface area contributed by atoms with Gasteiger partial charge in [0.15, 0.2) is 0 Å². The minimum Gasteiger partial charge on any atom is -0.496 e. The first kappa shape index (κ1) is 22.5. The zero-order valence-electron chi connectivity index (χ0n) is 19.0. The Morgan fingerprint density at radius 1 is 1.19 bits per heavy atom. The van der Waals surface area contributed by atoms with Crippen LogP contribution >= 0.6 is 0 Å². The Bertz CT molecular complexity index is 947. The normalized spacial score (nSPS) is 16.0. The number of para-hydroxylation sites is 1. The van der Waals surface area contributed by atoms with Crippen molar-refractivity contribution in [3.63, 3.8) is 0 Å². The molecule has 8 nitrogen and oxygen atoms in total. The van der Waals surface area contributed by atoms with Gasteiger partial charge in [-0.15, -0.1) is 0 Å². The summed E-state index contributed by atoms with van der Waals surface area (Å²) in [6.45, 7) is 3.20. The van der Waals surface area contributed by atoms with Crippen LogP contribution in [0.5, 0.6) is 5.75 Å². The summed E-state index contributed by atoms with van der Waals surface area (Å²) >= 11 is 0. The Kier molecular flexibility index (Phi) is 7.09. The lowest BCUT2D eigenvalue weighted by atomic mass is 9.96. The maximum absolute atomic E-state index is 13.2. The van der Waals surface area contributed by atoms with E-state index in [4.69, 9.17) is 14.7 Å². The summed E-state index contributed by atoms with van der Waals surface area (Å²) in [6, 6.07) is 9.21. The summed E-state index contributed by atoms with van der Waals surface area (Å²) in [4.78, 5) is 39.8. The number of hydrogen-bond acceptors (Lipinski definition) is 6. The van der Waals surface area contributed by atoms with E-state index in [1.807, 2.05) is 42.1 Å². The third-order valence-electron chi connectivity index (χ3n) is 5.59. The molecule has 1 aliphatic heterocycles. The molecule has 1 aromatic heterocycles. The van der Waals surface area contributed by atoms with Gasteiger partial charge >= 0.3 is 0 Å². The van der Waals surface area contributed by atoms with Gasteiger partial charge in [0.05, 0.1) is 24.9 Å². The fourth-order valence-electron chi connectivity index (χ4n) is 3.71. The number of aromatic nitrogens is 2. The first-order valence-electron chi connectivity index (χ1n) is 10.5. The van der Waals surface area contributed by atoms with Crippen molar-refractivity contribution in [2.45, 2.75) is 32.2 Å². The summed E-state index contributed by atoms with van der Waals surface area (Å²) in [7, 11) is 7.20. The Morgan fingerprint density at radius 2 is 1.94 bits per heavy atom. The van der Waals surface area contributed by atoms with E-state index in [0.29, 0.717) is 30.9 Å². The van der Waals surface area contributed by atoms with Gasteiger partial charge in [-0.25, -0.2) is 9.97 Å². The van der Waals surface area contributed by atoms with Crippen molar-refractivity contribution in [2.75, 3.05) is 46.2 Å². The van der Waals surface area contributed by atoms with E-state index < -0.39 is 0 Å². The van der Waals surface area contributed by atoms with Crippen LogP contribution in [0.25, 0.3) is 0 Å². The number of rotatable bonds is 6. The van der Waals surface area contributed by atoms with Gasteiger partial charge in [-0.05, 0) is 25.0 Å². The second-order valence-electron chi connectivity index (χ2n) is 8.14. The van der Waals surface area contributed by atoms with Crippen molar-refractivity contribution < 1.29 is 14.3 Å². The summed E-state index contributed by atoms with van der Waals surface area (Å²) in [5, 5.41) is 0. The number of piperidine rings is 1. The quantitative estimate of drug-likeness (QED) is 0.708. The van der Waals surface area contributed by atoms with Crippen LogP contribution in [-0.4, -0.2) is 72.9 Å². The summed E-state index contributed by atoms with van der Waals surface area (Å²) in [5.41, 5.74) is 1.36. The van der Waals surface area contributed by atoms with Gasteiger partial charge in [0, 0.05) is 53.1 Å². The molecule has 1 atom stereocenters. The largest absolute Gasteiger partial charge is 0.496 e. The molecule has 0 bridgehead atoms. The number of methoxy groups -OCH3 is 1. The molecule has 3 rings (SSSR count). The third kappa shape index (κ3) is 5.31. The van der Waals surface area contributed by atoms with Gasteiger partial charge < -0.3 is 19.4 Å². The van der Waals surface area contributed by atoms with E-state index in [1.54, 1.807) is 31.2 Å². The number of ether oxygens (including phenoxy) is 1. The summed E-state index contributed by atoms with van der Waals surface area (Å²) in [5.74, 6) is 2.07. The maximum Gasteiger partial charge on any atom is 0.257 e. The average Bonchev–Trinajstić information content (AvgIpc) is 2.78. The van der Waals surface area contributed by atoms with Gasteiger partial charge in [0.2, 0.25) is 5.91 Å². The number of carbonyl (C=O) groups is 2. The molecule has 0 N–H and O–H groups in total. The molecular weight excluding hydrogens is 394 g/mol. The molecule has 0 spiro atoms. The molecule has 1 saturated heterocycles. The van der Waals surface area contributed by atoms with Crippen LogP contribution < -0.4 is 9.64 Å². The molecule has 0 radical (unpaired) electrons. The molecule has 1 aliphatic rings. The Labute approximate surface area is 183 Å². The molecule has 0 aliphatic carbocycles. The number of carbonyl (C=O) groups excluding carboxylic acids is 2. The highest BCUT2D eigenvalue weighted by molar-refractivity contribution is 5.97. The summed E-state index contributed by atoms with van der Waals surface area (Å²) in [6.07, 6.45) is 1.79. The maximum atomic E-state index is 13.2. The van der Waals surface area contributed by atoms with Gasteiger partial charge in [-0.3, -0.25) is 9.59 Å². The Hall–Kier alpha value is -3.16. The van der Waals surface area contributed by atoms with Crippen LogP contribution in [0.1, 0.15) is 47.6 Å². The highest BCUT2D eigenvalue weighted by atomic mass is 16.5. The van der Waals surface area contributed by atoms with Gasteiger partial charge in [-0.2, -0.15) is 0 Å². The number of hydrogen-bond donors (Lipinski definition) is 0. The van der Waals surface area contributed by atoms with Crippen LogP contribution in [-0.2, 0) is 11.3 Å². The van der Waals surface area contributed by atoms with Crippen molar-refractivity contribution >= 4 is 17.6 Å². The van der Waals surface area contributed by atoms with E-state index in [1.165, 1.54) is 6.92 Å². The molecule has 1 fully saturated rings. The van der Waals surface area contributed by atoms with E-state index in [9.17, 15) is 9.59 Å². The van der Waals surface area contributed by atoms with Crippen LogP contribution in [0.4, 0.5) is 5.82 Å². The lowest BCUT2D eigenvalue weighted by Crippen LogP contribution is -2.39. The monoisotopic (exact) mass is 425 g/mol. The summed E-state index contributed by atoms with van der Waals surface area (Å²) < 4.78 is 5.37. The van der Waals surface area contributed by atoms with Crippen LogP contribution in [0, 0.1) is 0 Å². The zero-order chi connectivity index (χ0) is 22.5.